The van der Waals surface area contributed by atoms with E-state index >= 15 is 0 Å². The molecule has 9 nitrogen and oxygen atoms in total. The van der Waals surface area contributed by atoms with Crippen LogP contribution in [0.2, 0.25) is 5.02 Å². The van der Waals surface area contributed by atoms with Crippen LogP contribution >= 0.6 is 11.6 Å². The van der Waals surface area contributed by atoms with E-state index in [-0.39, 0.29) is 47.6 Å². The highest BCUT2D eigenvalue weighted by molar-refractivity contribution is 6.33. The van der Waals surface area contributed by atoms with Gasteiger partial charge >= 0.3 is 0 Å². The minimum atomic E-state index is -0.702. The Bertz CT molecular complexity index is 995. The molecule has 4 atom stereocenters. The predicted octanol–water partition coefficient (Wildman–Crippen LogP) is 2.05. The van der Waals surface area contributed by atoms with Gasteiger partial charge in [-0.15, -0.1) is 0 Å². The molecule has 0 bridgehead atoms. The van der Waals surface area contributed by atoms with Crippen molar-refractivity contribution in [2.45, 2.75) is 44.6 Å². The highest BCUT2D eigenvalue weighted by Gasteiger charge is 2.33. The number of nitrogen functional groups attached to an aromatic ring is 1. The summed E-state index contributed by atoms with van der Waals surface area (Å²) in [6.07, 6.45) is 0.646. The number of aliphatic hydroxyl groups is 2. The van der Waals surface area contributed by atoms with Crippen molar-refractivity contribution in [1.82, 2.24) is 9.97 Å². The SMILES string of the molecule is C[C@@H]1COc2c(-c3nc(N[C@@H]4CCOC[C@H]4O)ncc3Cl)cc(F)c(N)c2N1C[C@@H](C)O. The number of fused-ring (bicyclic) bond motifs is 1. The zero-order valence-electron chi connectivity index (χ0n) is 17.9. The number of aliphatic hydroxyl groups excluding tert-OH is 2. The number of hydrogen-bond acceptors (Lipinski definition) is 9. The first kappa shape index (κ1) is 22.8. The summed E-state index contributed by atoms with van der Waals surface area (Å²) in [5.74, 6) is -0.0530. The minimum absolute atomic E-state index is 0.0650. The van der Waals surface area contributed by atoms with E-state index in [1.807, 2.05) is 11.8 Å². The zero-order chi connectivity index (χ0) is 23.0. The summed E-state index contributed by atoms with van der Waals surface area (Å²) in [5, 5.41) is 23.4. The van der Waals surface area contributed by atoms with E-state index in [1.54, 1.807) is 6.92 Å². The Kier molecular flexibility index (Phi) is 6.57. The number of halogens is 2. The zero-order valence-corrected chi connectivity index (χ0v) is 18.6. The van der Waals surface area contributed by atoms with E-state index in [1.165, 1.54) is 12.3 Å². The van der Waals surface area contributed by atoms with Crippen LogP contribution in [0.5, 0.6) is 5.75 Å². The maximum absolute atomic E-state index is 14.9. The number of rotatable bonds is 5. The van der Waals surface area contributed by atoms with Gasteiger partial charge in [0.2, 0.25) is 5.95 Å². The number of aromatic nitrogens is 2. The molecular formula is C21H27ClFN5O4. The smallest absolute Gasteiger partial charge is 0.223 e. The lowest BCUT2D eigenvalue weighted by Crippen LogP contribution is -2.45. The van der Waals surface area contributed by atoms with Crippen LogP contribution in [-0.2, 0) is 4.74 Å². The van der Waals surface area contributed by atoms with E-state index in [4.69, 9.17) is 26.8 Å². The Hall–Kier alpha value is -2.40. The molecule has 2 aliphatic heterocycles. The second-order valence-corrected chi connectivity index (χ2v) is 8.64. The van der Waals surface area contributed by atoms with Crippen molar-refractivity contribution in [3.8, 4) is 17.0 Å². The normalized spacial score (nSPS) is 23.9. The summed E-state index contributed by atoms with van der Waals surface area (Å²) in [7, 11) is 0. The van der Waals surface area contributed by atoms with Gasteiger partial charge in [-0.1, -0.05) is 11.6 Å². The monoisotopic (exact) mass is 467 g/mol. The van der Waals surface area contributed by atoms with Crippen molar-refractivity contribution in [1.29, 1.82) is 0 Å². The van der Waals surface area contributed by atoms with Crippen molar-refractivity contribution in [2.24, 2.45) is 0 Å². The van der Waals surface area contributed by atoms with Crippen LogP contribution in [0.4, 0.5) is 21.7 Å². The molecule has 32 heavy (non-hydrogen) atoms. The molecule has 2 aromatic rings. The lowest BCUT2D eigenvalue weighted by atomic mass is 10.0. The summed E-state index contributed by atoms with van der Waals surface area (Å²) in [5.41, 5.74) is 6.99. The van der Waals surface area contributed by atoms with Crippen LogP contribution < -0.4 is 20.7 Å². The number of benzene rings is 1. The van der Waals surface area contributed by atoms with E-state index in [0.29, 0.717) is 36.6 Å². The number of nitrogens with zero attached hydrogens (tertiary/aromatic N) is 3. The van der Waals surface area contributed by atoms with E-state index in [0.717, 1.165) is 0 Å². The Morgan fingerprint density at radius 1 is 1.44 bits per heavy atom. The van der Waals surface area contributed by atoms with Crippen molar-refractivity contribution >= 4 is 28.9 Å². The lowest BCUT2D eigenvalue weighted by Gasteiger charge is -2.39. The predicted molar refractivity (Wildman–Crippen MR) is 120 cm³/mol. The molecule has 11 heteroatoms. The summed E-state index contributed by atoms with van der Waals surface area (Å²) >= 11 is 6.40. The van der Waals surface area contributed by atoms with E-state index in [9.17, 15) is 14.6 Å². The molecule has 1 aromatic carbocycles. The van der Waals surface area contributed by atoms with Crippen LogP contribution in [0.25, 0.3) is 11.3 Å². The number of anilines is 3. The fraction of sp³-hybridized carbons (Fsp3) is 0.524. The van der Waals surface area contributed by atoms with Crippen LogP contribution in [-0.4, -0.2) is 70.8 Å². The van der Waals surface area contributed by atoms with Crippen molar-refractivity contribution in [3.63, 3.8) is 0 Å². The van der Waals surface area contributed by atoms with Gasteiger partial charge in [-0.2, -0.15) is 0 Å². The summed E-state index contributed by atoms with van der Waals surface area (Å²) in [4.78, 5) is 10.5. The molecule has 3 heterocycles. The minimum Gasteiger partial charge on any atom is -0.488 e. The Morgan fingerprint density at radius 2 is 2.22 bits per heavy atom. The molecule has 0 amide bonds. The fourth-order valence-electron chi connectivity index (χ4n) is 3.99. The molecule has 174 valence electrons. The third-order valence-corrected chi connectivity index (χ3v) is 5.91. The highest BCUT2D eigenvalue weighted by Crippen LogP contribution is 2.47. The molecule has 0 aliphatic carbocycles. The maximum atomic E-state index is 14.9. The van der Waals surface area contributed by atoms with E-state index in [2.05, 4.69) is 15.3 Å². The molecule has 4 rings (SSSR count). The number of nitrogens with one attached hydrogen (secondary N) is 1. The third kappa shape index (κ3) is 4.40. The van der Waals surface area contributed by atoms with Gasteiger partial charge in [-0.25, -0.2) is 14.4 Å². The summed E-state index contributed by atoms with van der Waals surface area (Å²) in [6, 6.07) is 0.835. The van der Waals surface area contributed by atoms with Crippen LogP contribution in [0.3, 0.4) is 0 Å². The number of hydrogen-bond donors (Lipinski definition) is 4. The Labute approximate surface area is 190 Å². The molecular weight excluding hydrogens is 441 g/mol. The average molecular weight is 468 g/mol. The first-order valence-corrected chi connectivity index (χ1v) is 10.9. The van der Waals surface area contributed by atoms with Crippen molar-refractivity contribution < 1.29 is 24.1 Å². The first-order chi connectivity index (χ1) is 15.3. The number of ether oxygens (including phenoxy) is 2. The quantitative estimate of drug-likeness (QED) is 0.488. The van der Waals surface area contributed by atoms with Gasteiger partial charge in [0, 0.05) is 18.7 Å². The summed E-state index contributed by atoms with van der Waals surface area (Å²) < 4.78 is 26.1. The van der Waals surface area contributed by atoms with Gasteiger partial charge in [0.1, 0.15) is 18.1 Å². The fourth-order valence-corrected chi connectivity index (χ4v) is 4.19. The van der Waals surface area contributed by atoms with Gasteiger partial charge in [0.05, 0.1) is 53.5 Å². The van der Waals surface area contributed by atoms with Crippen molar-refractivity contribution in [3.05, 3.63) is 23.1 Å². The third-order valence-electron chi connectivity index (χ3n) is 5.63. The van der Waals surface area contributed by atoms with Crippen LogP contribution in [0, 0.1) is 5.82 Å². The topological polar surface area (TPSA) is 126 Å². The van der Waals surface area contributed by atoms with Gasteiger partial charge in [-0.05, 0) is 26.3 Å². The number of β-amino-alcohol motifs (C(OH)–C–C–N with tert-alkyl or cyclic N) is 1. The van der Waals surface area contributed by atoms with Gasteiger partial charge in [0.25, 0.3) is 0 Å². The highest BCUT2D eigenvalue weighted by atomic mass is 35.5. The first-order valence-electron chi connectivity index (χ1n) is 10.5. The van der Waals surface area contributed by atoms with Crippen LogP contribution in [0.15, 0.2) is 12.3 Å². The molecule has 0 saturated carbocycles. The van der Waals surface area contributed by atoms with Crippen molar-refractivity contribution in [2.75, 3.05) is 42.3 Å². The molecule has 1 saturated heterocycles. The molecule has 0 radical (unpaired) electrons. The molecule has 0 spiro atoms. The molecule has 2 aliphatic rings. The van der Waals surface area contributed by atoms with Gasteiger partial charge < -0.3 is 35.6 Å². The maximum Gasteiger partial charge on any atom is 0.223 e. The van der Waals surface area contributed by atoms with Gasteiger partial charge in [0.15, 0.2) is 5.75 Å². The van der Waals surface area contributed by atoms with E-state index < -0.39 is 18.0 Å². The Morgan fingerprint density at radius 3 is 2.94 bits per heavy atom. The second kappa shape index (κ2) is 9.22. The molecule has 5 N–H and O–H groups in total. The van der Waals surface area contributed by atoms with Crippen LogP contribution in [0.1, 0.15) is 20.3 Å². The largest absolute Gasteiger partial charge is 0.488 e. The second-order valence-electron chi connectivity index (χ2n) is 8.23. The lowest BCUT2D eigenvalue weighted by molar-refractivity contribution is -0.0136. The van der Waals surface area contributed by atoms with Gasteiger partial charge in [-0.3, -0.25) is 0 Å². The molecule has 0 unspecified atom stereocenters. The average Bonchev–Trinajstić information content (AvgIpc) is 2.75. The Balaban J connectivity index is 1.77. The molecule has 1 aromatic heterocycles. The standard InChI is InChI=1S/C21H27ClFN5O4/c1-10-8-32-20-12(5-14(23)17(24)19(20)28(10)7-11(2)29)18-13(22)6-25-21(27-18)26-15-3-4-31-9-16(15)30/h5-6,10-11,15-16,29-30H,3-4,7-9,24H2,1-2H3,(H,25,26,27)/t10-,11-,15-,16-/m1/s1. The summed E-state index contributed by atoms with van der Waals surface area (Å²) in [6.45, 7) is 4.88. The molecule has 1 fully saturated rings. The number of nitrogens with two attached hydrogens (primary N) is 1.